The summed E-state index contributed by atoms with van der Waals surface area (Å²) >= 11 is 0. The maximum absolute atomic E-state index is 14.1. The van der Waals surface area contributed by atoms with Crippen molar-refractivity contribution in [2.45, 2.75) is 32.5 Å². The number of nitrogens with zero attached hydrogens (tertiary/aromatic N) is 2. The predicted molar refractivity (Wildman–Crippen MR) is 146 cm³/mol. The number of aromatic amines is 1. The number of H-pyrrole nitrogens is 1. The summed E-state index contributed by atoms with van der Waals surface area (Å²) < 4.78 is 66.6. The van der Waals surface area contributed by atoms with Gasteiger partial charge in [0.05, 0.1) is 11.3 Å². The largest absolute Gasteiger partial charge is 0.416 e. The molecular formula is C30H29F5N4O2. The van der Waals surface area contributed by atoms with Crippen molar-refractivity contribution in [2.75, 3.05) is 25.0 Å². The van der Waals surface area contributed by atoms with E-state index in [4.69, 9.17) is 0 Å². The standard InChI is InChI=1S/C30H29F5N4O2/c1-2-14-39(29(41)37-27-12-11-23(31)16-25(27)32)19-28(40)38(18-20-7-9-22(10-8-20)30(33,34)35)15-13-21-17-36-26-6-4-3-5-24(21)26/h3-12,16-17,36H,2,13-15,18-19H2,1H3,(H,37,41). The Morgan fingerprint density at radius 3 is 2.34 bits per heavy atom. The SMILES string of the molecule is CCCN(CC(=O)N(CCc1c[nH]c2ccccc12)Cc1ccc(C(F)(F)F)cc1)C(=O)Nc1ccc(F)cc1F. The van der Waals surface area contributed by atoms with Crippen LogP contribution in [0, 0.1) is 11.6 Å². The monoisotopic (exact) mass is 572 g/mol. The van der Waals surface area contributed by atoms with Crippen molar-refractivity contribution in [1.29, 1.82) is 0 Å². The summed E-state index contributed by atoms with van der Waals surface area (Å²) in [6.07, 6.45) is -1.68. The molecule has 216 valence electrons. The number of para-hydroxylation sites is 1. The number of nitrogens with one attached hydrogen (secondary N) is 2. The zero-order valence-corrected chi connectivity index (χ0v) is 22.3. The number of fused-ring (bicyclic) bond motifs is 1. The topological polar surface area (TPSA) is 68.4 Å². The molecule has 3 amide bonds. The van der Waals surface area contributed by atoms with Gasteiger partial charge in [0.1, 0.15) is 18.2 Å². The number of aromatic nitrogens is 1. The average molecular weight is 573 g/mol. The van der Waals surface area contributed by atoms with Gasteiger partial charge in [0.25, 0.3) is 0 Å². The number of hydrogen-bond donors (Lipinski definition) is 2. The van der Waals surface area contributed by atoms with Gasteiger partial charge in [-0.25, -0.2) is 13.6 Å². The minimum atomic E-state index is -4.48. The molecule has 3 aromatic carbocycles. The molecule has 0 fully saturated rings. The van der Waals surface area contributed by atoms with E-state index in [2.05, 4.69) is 10.3 Å². The molecule has 41 heavy (non-hydrogen) atoms. The maximum Gasteiger partial charge on any atom is 0.416 e. The van der Waals surface area contributed by atoms with E-state index in [1.807, 2.05) is 30.5 Å². The number of halogens is 5. The summed E-state index contributed by atoms with van der Waals surface area (Å²) in [6.45, 7) is 1.89. The number of alkyl halides is 3. The van der Waals surface area contributed by atoms with E-state index >= 15 is 0 Å². The first kappa shape index (κ1) is 29.6. The number of hydrogen-bond acceptors (Lipinski definition) is 2. The quantitative estimate of drug-likeness (QED) is 0.201. The molecule has 0 saturated carbocycles. The van der Waals surface area contributed by atoms with Crippen molar-refractivity contribution in [3.05, 3.63) is 101 Å². The average Bonchev–Trinajstić information content (AvgIpc) is 3.35. The molecule has 2 N–H and O–H groups in total. The van der Waals surface area contributed by atoms with E-state index in [9.17, 15) is 31.5 Å². The van der Waals surface area contributed by atoms with E-state index in [1.54, 1.807) is 6.92 Å². The number of carbonyl (C=O) groups excluding carboxylic acids is 2. The first-order valence-electron chi connectivity index (χ1n) is 13.0. The maximum atomic E-state index is 14.1. The summed E-state index contributed by atoms with van der Waals surface area (Å²) in [5.74, 6) is -2.19. The number of benzene rings is 3. The van der Waals surface area contributed by atoms with Gasteiger partial charge >= 0.3 is 12.2 Å². The number of urea groups is 1. The van der Waals surface area contributed by atoms with Gasteiger partial charge in [-0.2, -0.15) is 13.2 Å². The normalized spacial score (nSPS) is 11.5. The Kier molecular flexibility index (Phi) is 9.26. The van der Waals surface area contributed by atoms with Gasteiger partial charge in [-0.3, -0.25) is 4.79 Å². The zero-order valence-electron chi connectivity index (χ0n) is 22.3. The van der Waals surface area contributed by atoms with Crippen molar-refractivity contribution in [1.82, 2.24) is 14.8 Å². The van der Waals surface area contributed by atoms with E-state index in [1.165, 1.54) is 21.9 Å². The predicted octanol–water partition coefficient (Wildman–Crippen LogP) is 6.98. The van der Waals surface area contributed by atoms with E-state index in [0.717, 1.165) is 40.7 Å². The molecule has 0 saturated heterocycles. The summed E-state index contributed by atoms with van der Waals surface area (Å²) in [6, 6.07) is 14.2. The molecule has 0 aliphatic rings. The lowest BCUT2D eigenvalue weighted by molar-refractivity contribution is -0.137. The summed E-state index contributed by atoms with van der Waals surface area (Å²) in [4.78, 5) is 32.4. The fourth-order valence-electron chi connectivity index (χ4n) is 4.48. The molecule has 0 radical (unpaired) electrons. The van der Waals surface area contributed by atoms with Crippen molar-refractivity contribution >= 4 is 28.5 Å². The second kappa shape index (κ2) is 12.8. The minimum absolute atomic E-state index is 0.0213. The van der Waals surface area contributed by atoms with Crippen LogP contribution in [0.3, 0.4) is 0 Å². The van der Waals surface area contributed by atoms with E-state index in [0.29, 0.717) is 24.5 Å². The number of carbonyl (C=O) groups is 2. The smallest absolute Gasteiger partial charge is 0.361 e. The third-order valence-corrected chi connectivity index (χ3v) is 6.61. The number of amides is 3. The Bertz CT molecular complexity index is 1500. The highest BCUT2D eigenvalue weighted by molar-refractivity contribution is 5.92. The second-order valence-electron chi connectivity index (χ2n) is 9.60. The molecule has 1 heterocycles. The molecule has 11 heteroatoms. The number of anilines is 1. The Morgan fingerprint density at radius 1 is 0.927 bits per heavy atom. The van der Waals surface area contributed by atoms with Gasteiger partial charge in [-0.15, -0.1) is 0 Å². The van der Waals surface area contributed by atoms with Gasteiger partial charge in [0.15, 0.2) is 0 Å². The fraction of sp³-hybridized carbons (Fsp3) is 0.267. The molecule has 0 unspecified atom stereocenters. The highest BCUT2D eigenvalue weighted by atomic mass is 19.4. The summed E-state index contributed by atoms with van der Waals surface area (Å²) in [5, 5.41) is 3.36. The van der Waals surface area contributed by atoms with E-state index in [-0.39, 0.29) is 31.9 Å². The highest BCUT2D eigenvalue weighted by Gasteiger charge is 2.30. The van der Waals surface area contributed by atoms with Crippen LogP contribution in [-0.4, -0.2) is 46.4 Å². The van der Waals surface area contributed by atoms with Crippen LogP contribution in [-0.2, 0) is 23.9 Å². The van der Waals surface area contributed by atoms with Crippen LogP contribution in [0.5, 0.6) is 0 Å². The Hall–Kier alpha value is -4.41. The number of rotatable bonds is 10. The molecular weight excluding hydrogens is 543 g/mol. The van der Waals surface area contributed by atoms with Gasteiger partial charge in [0.2, 0.25) is 5.91 Å². The van der Waals surface area contributed by atoms with Crippen molar-refractivity contribution in [3.63, 3.8) is 0 Å². The summed E-state index contributed by atoms with van der Waals surface area (Å²) in [7, 11) is 0. The Balaban J connectivity index is 1.53. The van der Waals surface area contributed by atoms with Crippen LogP contribution in [0.1, 0.15) is 30.0 Å². The lowest BCUT2D eigenvalue weighted by Gasteiger charge is -2.28. The van der Waals surface area contributed by atoms with Crippen molar-refractivity contribution in [2.24, 2.45) is 0 Å². The third kappa shape index (κ3) is 7.62. The Labute approximate surface area is 233 Å². The highest BCUT2D eigenvalue weighted by Crippen LogP contribution is 2.29. The molecule has 0 aliphatic heterocycles. The first-order chi connectivity index (χ1) is 19.5. The van der Waals surface area contributed by atoms with E-state index < -0.39 is 35.3 Å². The van der Waals surface area contributed by atoms with Crippen LogP contribution < -0.4 is 5.32 Å². The molecule has 1 aromatic heterocycles. The molecule has 0 spiro atoms. The van der Waals surface area contributed by atoms with Crippen molar-refractivity contribution in [3.8, 4) is 0 Å². The van der Waals surface area contributed by atoms with Gasteiger partial charge in [-0.05, 0) is 54.3 Å². The molecule has 6 nitrogen and oxygen atoms in total. The van der Waals surface area contributed by atoms with Crippen LogP contribution >= 0.6 is 0 Å². The molecule has 4 aromatic rings. The molecule has 0 bridgehead atoms. The lowest BCUT2D eigenvalue weighted by Crippen LogP contribution is -2.45. The first-order valence-corrected chi connectivity index (χ1v) is 13.0. The second-order valence-corrected chi connectivity index (χ2v) is 9.60. The van der Waals surface area contributed by atoms with Crippen LogP contribution in [0.2, 0.25) is 0 Å². The van der Waals surface area contributed by atoms with Gasteiger partial charge in [-0.1, -0.05) is 37.3 Å². The molecule has 0 aliphatic carbocycles. The zero-order chi connectivity index (χ0) is 29.6. The van der Waals surface area contributed by atoms with Gasteiger partial charge < -0.3 is 20.1 Å². The van der Waals surface area contributed by atoms with Gasteiger partial charge in [0, 0.05) is 42.8 Å². The van der Waals surface area contributed by atoms with Crippen molar-refractivity contribution < 1.29 is 31.5 Å². The third-order valence-electron chi connectivity index (χ3n) is 6.61. The lowest BCUT2D eigenvalue weighted by atomic mass is 10.1. The van der Waals surface area contributed by atoms with Crippen LogP contribution in [0.25, 0.3) is 10.9 Å². The summed E-state index contributed by atoms with van der Waals surface area (Å²) in [5.41, 5.74) is 1.36. The molecule has 4 rings (SSSR count). The Morgan fingerprint density at radius 2 is 1.66 bits per heavy atom. The van der Waals surface area contributed by atoms with Crippen LogP contribution in [0.15, 0.2) is 72.9 Å². The van der Waals surface area contributed by atoms with Crippen LogP contribution in [0.4, 0.5) is 32.4 Å². The fourth-order valence-corrected chi connectivity index (χ4v) is 4.48. The molecule has 0 atom stereocenters. The minimum Gasteiger partial charge on any atom is -0.361 e.